The summed E-state index contributed by atoms with van der Waals surface area (Å²) in [6, 6.07) is 10.4. The van der Waals surface area contributed by atoms with E-state index < -0.39 is 85.7 Å². The Kier molecular flexibility index (Phi) is 7.97. The van der Waals surface area contributed by atoms with Crippen molar-refractivity contribution in [2.24, 2.45) is 29.1 Å². The predicted octanol–water partition coefficient (Wildman–Crippen LogP) is 5.81. The Balaban J connectivity index is 1.37. The highest BCUT2D eigenvalue weighted by atomic mass is 35.5. The van der Waals surface area contributed by atoms with Gasteiger partial charge in [-0.25, -0.2) is 14.2 Å². The molecule has 7 rings (SSSR count). The van der Waals surface area contributed by atoms with Crippen molar-refractivity contribution >= 4 is 63.7 Å². The Morgan fingerprint density at radius 1 is 0.923 bits per heavy atom. The second-order valence-corrected chi connectivity index (χ2v) is 14.4. The molecule has 1 saturated carbocycles. The number of aromatic hydroxyl groups is 1. The lowest BCUT2D eigenvalue weighted by atomic mass is 9.51. The fourth-order valence-corrected chi connectivity index (χ4v) is 9.03. The van der Waals surface area contributed by atoms with E-state index in [0.29, 0.717) is 16.7 Å². The van der Waals surface area contributed by atoms with E-state index in [2.05, 4.69) is 0 Å². The molecule has 6 atom stereocenters. The van der Waals surface area contributed by atoms with Gasteiger partial charge in [0.05, 0.1) is 49.4 Å². The van der Waals surface area contributed by atoms with Gasteiger partial charge in [-0.15, -0.1) is 0 Å². The number of amides is 4. The first-order valence-corrected chi connectivity index (χ1v) is 16.7. The molecule has 0 aromatic heterocycles. The number of phenolic OH excluding ortho intramolecular Hbond substituents is 1. The van der Waals surface area contributed by atoms with Crippen LogP contribution in [-0.4, -0.2) is 52.7 Å². The zero-order valence-corrected chi connectivity index (χ0v) is 29.0. The topological polar surface area (TPSA) is 185 Å². The van der Waals surface area contributed by atoms with Gasteiger partial charge < -0.3 is 10.0 Å². The van der Waals surface area contributed by atoms with Crippen molar-refractivity contribution in [2.75, 3.05) is 28.8 Å². The van der Waals surface area contributed by atoms with E-state index in [0.717, 1.165) is 28.0 Å². The van der Waals surface area contributed by atoms with Crippen LogP contribution in [0.1, 0.15) is 36.8 Å². The Morgan fingerprint density at radius 3 is 2.17 bits per heavy atom. The molecule has 3 aromatic carbocycles. The van der Waals surface area contributed by atoms with Gasteiger partial charge in [-0.3, -0.25) is 39.4 Å². The monoisotopic (exact) mass is 731 g/mol. The normalized spacial score (nSPS) is 26.6. The van der Waals surface area contributed by atoms with Gasteiger partial charge in [-0.05, 0) is 56.4 Å². The molecule has 0 spiro atoms. The summed E-state index contributed by atoms with van der Waals surface area (Å²) in [5, 5.41) is 35.3. The number of aryl methyl sites for hydroxylation is 1. The Bertz CT molecular complexity index is 2170. The predicted molar refractivity (Wildman–Crippen MR) is 185 cm³/mol. The second-order valence-electron chi connectivity index (χ2n) is 14.0. The molecular formula is C36H31ClFN5O9. The Morgan fingerprint density at radius 2 is 1.58 bits per heavy atom. The summed E-state index contributed by atoms with van der Waals surface area (Å²) in [4.78, 5) is 82.9. The van der Waals surface area contributed by atoms with Crippen molar-refractivity contribution in [3.8, 4) is 5.75 Å². The number of nitro groups is 2. The number of carbonyl (C=O) groups is 4. The van der Waals surface area contributed by atoms with Crippen molar-refractivity contribution in [3.63, 3.8) is 0 Å². The molecule has 4 amide bonds. The number of para-hydroxylation sites is 1. The molecule has 0 bridgehead atoms. The molecule has 3 fully saturated rings. The summed E-state index contributed by atoms with van der Waals surface area (Å²) in [6.45, 7) is 3.30. The van der Waals surface area contributed by atoms with E-state index in [1.54, 1.807) is 38.1 Å². The summed E-state index contributed by atoms with van der Waals surface area (Å²) in [5.74, 6) is -8.52. The van der Waals surface area contributed by atoms with Crippen molar-refractivity contribution < 1.29 is 38.5 Å². The van der Waals surface area contributed by atoms with Gasteiger partial charge in [0.15, 0.2) is 5.69 Å². The number of carbonyl (C=O) groups excluding carboxylic acids is 4. The van der Waals surface area contributed by atoms with Crippen molar-refractivity contribution in [1.29, 1.82) is 0 Å². The standard InChI is InChI=1S/C36H31ClFN5O9/c1-16-6-5-7-21(31(16)44)29-19-9-10-20-28(22(19)15-23-33(46)41(35(48)36(23,29)2)17-8-11-25(38)24(37)12-17)34(47)40(32(20)45)18-13-26(42(49)50)30(39(3)4)27(14-18)43(51)52/h5-9,11-14,20,22-23,28-29,44H,10,15H2,1-4H3/t20-,22+,23-,28-,29+,36+/m0/s1. The number of nitro benzene ring substituents is 2. The minimum Gasteiger partial charge on any atom is -0.507 e. The van der Waals surface area contributed by atoms with Gasteiger partial charge in [0.1, 0.15) is 11.6 Å². The summed E-state index contributed by atoms with van der Waals surface area (Å²) < 4.78 is 14.2. The summed E-state index contributed by atoms with van der Waals surface area (Å²) >= 11 is 6.05. The number of nitrogens with zero attached hydrogens (tertiary/aromatic N) is 5. The van der Waals surface area contributed by atoms with Crippen LogP contribution in [0, 0.1) is 62.1 Å². The fourth-order valence-electron chi connectivity index (χ4n) is 8.85. The van der Waals surface area contributed by atoms with Crippen molar-refractivity contribution in [3.05, 3.63) is 102 Å². The lowest BCUT2D eigenvalue weighted by Gasteiger charge is -2.49. The molecular weight excluding hydrogens is 701 g/mol. The van der Waals surface area contributed by atoms with Crippen LogP contribution in [0.3, 0.4) is 0 Å². The molecule has 2 aliphatic heterocycles. The molecule has 1 N–H and O–H groups in total. The number of fused-ring (bicyclic) bond motifs is 4. The molecule has 16 heteroatoms. The van der Waals surface area contributed by atoms with Crippen LogP contribution in [-0.2, 0) is 19.2 Å². The first-order chi connectivity index (χ1) is 24.5. The number of hydrogen-bond acceptors (Lipinski definition) is 10. The minimum absolute atomic E-state index is 0.0147. The summed E-state index contributed by atoms with van der Waals surface area (Å²) in [6.07, 6.45) is 1.71. The lowest BCUT2D eigenvalue weighted by Crippen LogP contribution is -2.49. The zero-order valence-electron chi connectivity index (χ0n) is 28.2. The van der Waals surface area contributed by atoms with E-state index in [9.17, 15) is 48.9 Å². The van der Waals surface area contributed by atoms with Gasteiger partial charge in [0.25, 0.3) is 0 Å². The van der Waals surface area contributed by atoms with Crippen LogP contribution in [0.25, 0.3) is 0 Å². The zero-order chi connectivity index (χ0) is 37.7. The average molecular weight is 732 g/mol. The SMILES string of the molecule is Cc1cccc([C@H]2C3=CC[C@@H]4C(=O)N(c5cc([N+](=O)[O-])c(N(C)C)c([N+](=O)[O-])c5)C(=O)[C@@H]4[C@@H]3C[C@H]3C(=O)N(c4ccc(F)c(Cl)c4)C(=O)[C@@]23C)c1O. The molecule has 3 aromatic rings. The number of halogens is 2. The summed E-state index contributed by atoms with van der Waals surface area (Å²) in [5.41, 5.74) is -2.08. The van der Waals surface area contributed by atoms with Gasteiger partial charge in [-0.2, -0.15) is 0 Å². The molecule has 2 aliphatic carbocycles. The molecule has 0 radical (unpaired) electrons. The van der Waals surface area contributed by atoms with Crippen LogP contribution in [0.2, 0.25) is 5.02 Å². The molecule has 2 saturated heterocycles. The minimum atomic E-state index is -1.51. The van der Waals surface area contributed by atoms with E-state index in [-0.39, 0.29) is 40.7 Å². The molecule has 14 nitrogen and oxygen atoms in total. The maximum atomic E-state index is 14.6. The van der Waals surface area contributed by atoms with E-state index >= 15 is 0 Å². The second kappa shape index (κ2) is 11.9. The van der Waals surface area contributed by atoms with Crippen LogP contribution in [0.5, 0.6) is 5.75 Å². The third kappa shape index (κ3) is 4.75. The van der Waals surface area contributed by atoms with Gasteiger partial charge in [0, 0.05) is 37.7 Å². The molecule has 2 heterocycles. The molecule has 268 valence electrons. The third-order valence-electron chi connectivity index (χ3n) is 11.2. The quantitative estimate of drug-likeness (QED) is 0.140. The number of benzene rings is 3. The number of rotatable bonds is 6. The van der Waals surface area contributed by atoms with Crippen LogP contribution in [0.15, 0.2) is 60.2 Å². The van der Waals surface area contributed by atoms with Crippen LogP contribution < -0.4 is 14.7 Å². The number of hydrogen-bond donors (Lipinski definition) is 1. The van der Waals surface area contributed by atoms with E-state index in [4.69, 9.17) is 11.6 Å². The van der Waals surface area contributed by atoms with Crippen LogP contribution >= 0.6 is 11.6 Å². The highest BCUT2D eigenvalue weighted by Crippen LogP contribution is 2.64. The fraction of sp³-hybridized carbons (Fsp3) is 0.333. The third-order valence-corrected chi connectivity index (χ3v) is 11.5. The molecule has 4 aliphatic rings. The van der Waals surface area contributed by atoms with E-state index in [1.165, 1.54) is 31.1 Å². The largest absolute Gasteiger partial charge is 0.507 e. The molecule has 52 heavy (non-hydrogen) atoms. The number of imide groups is 2. The summed E-state index contributed by atoms with van der Waals surface area (Å²) in [7, 11) is 2.78. The first-order valence-electron chi connectivity index (χ1n) is 16.3. The van der Waals surface area contributed by atoms with E-state index in [1.807, 2.05) is 0 Å². The number of anilines is 3. The van der Waals surface area contributed by atoms with Gasteiger partial charge >= 0.3 is 11.4 Å². The van der Waals surface area contributed by atoms with Crippen molar-refractivity contribution in [2.45, 2.75) is 32.6 Å². The Labute approximate surface area is 300 Å². The van der Waals surface area contributed by atoms with Crippen LogP contribution in [0.4, 0.5) is 32.8 Å². The molecule has 0 unspecified atom stereocenters. The number of allylic oxidation sites excluding steroid dienone is 2. The maximum Gasteiger partial charge on any atom is 0.301 e. The average Bonchev–Trinajstić information content (AvgIpc) is 3.46. The number of phenols is 1. The van der Waals surface area contributed by atoms with Gasteiger partial charge in [-0.1, -0.05) is 41.4 Å². The first kappa shape index (κ1) is 34.7. The van der Waals surface area contributed by atoms with Crippen molar-refractivity contribution in [1.82, 2.24) is 0 Å². The van der Waals surface area contributed by atoms with Gasteiger partial charge in [0.2, 0.25) is 23.6 Å². The maximum absolute atomic E-state index is 14.6. The Hall–Kier alpha value is -5.70. The lowest BCUT2D eigenvalue weighted by molar-refractivity contribution is -0.392. The smallest absolute Gasteiger partial charge is 0.301 e. The highest BCUT2D eigenvalue weighted by molar-refractivity contribution is 6.32. The highest BCUT2D eigenvalue weighted by Gasteiger charge is 2.68.